The van der Waals surface area contributed by atoms with Gasteiger partial charge in [0.2, 0.25) is 9.84 Å². The number of benzene rings is 1. The third-order valence-corrected chi connectivity index (χ3v) is 7.79. The average Bonchev–Trinajstić information content (AvgIpc) is 2.18. The zero-order valence-electron chi connectivity index (χ0n) is 6.95. The number of halogens is 4. The Hall–Kier alpha value is 0.870. The summed E-state index contributed by atoms with van der Waals surface area (Å²) in [4.78, 5) is 0.0175. The van der Waals surface area contributed by atoms with E-state index in [4.69, 9.17) is 33.9 Å². The number of alkyl halides is 2. The molecule has 0 saturated carbocycles. The Bertz CT molecular complexity index is 444. The van der Waals surface area contributed by atoms with Gasteiger partial charge in [0.05, 0.1) is 4.90 Å². The molecule has 0 bridgehead atoms. The van der Waals surface area contributed by atoms with Gasteiger partial charge >= 0.3 is 0 Å². The lowest BCUT2D eigenvalue weighted by molar-refractivity contribution is 0.597. The number of hydrogen-bond acceptors (Lipinski definition) is 3. The second kappa shape index (κ2) is 5.02. The largest absolute Gasteiger partial charge is 0.282 e. The molecule has 0 spiro atoms. The highest BCUT2D eigenvalue weighted by Crippen LogP contribution is 2.45. The van der Waals surface area contributed by atoms with Crippen molar-refractivity contribution in [1.29, 1.82) is 0 Å². The molecule has 0 N–H and O–H groups in total. The molecule has 1 aromatic carbocycles. The van der Waals surface area contributed by atoms with Crippen LogP contribution < -0.4 is 0 Å². The van der Waals surface area contributed by atoms with Crippen LogP contribution in [0.3, 0.4) is 0 Å². The summed E-state index contributed by atoms with van der Waals surface area (Å²) >= 11 is 14.4. The molecule has 0 radical (unpaired) electrons. The molecule has 0 saturated heterocycles. The standard InChI is InChI=1S/C7H4BrCl3O2S2/c8-5-1-3-6(4-2-5)15(12,13)7(9,10)14-11/h1-4H. The molecule has 1 rings (SSSR count). The van der Waals surface area contributed by atoms with E-state index in [-0.39, 0.29) is 4.90 Å². The van der Waals surface area contributed by atoms with Crippen LogP contribution in [0.2, 0.25) is 0 Å². The Morgan fingerprint density at radius 1 is 1.20 bits per heavy atom. The van der Waals surface area contributed by atoms with Crippen LogP contribution in [0.5, 0.6) is 0 Å². The average molecular weight is 371 g/mol. The van der Waals surface area contributed by atoms with Crippen molar-refractivity contribution in [2.45, 2.75) is 7.89 Å². The van der Waals surface area contributed by atoms with Gasteiger partial charge in [-0.15, -0.1) is 0 Å². The minimum Gasteiger partial charge on any atom is -0.220 e. The Kier molecular flexibility index (Phi) is 4.66. The summed E-state index contributed by atoms with van der Waals surface area (Å²) in [5, 5.41) is 0. The van der Waals surface area contributed by atoms with Gasteiger partial charge in [-0.05, 0) is 34.9 Å². The van der Waals surface area contributed by atoms with Crippen LogP contribution in [-0.2, 0) is 9.84 Å². The molecule has 0 amide bonds. The highest BCUT2D eigenvalue weighted by Gasteiger charge is 2.42. The summed E-state index contributed by atoms with van der Waals surface area (Å²) in [6.45, 7) is 0. The molecule has 0 unspecified atom stereocenters. The van der Waals surface area contributed by atoms with E-state index in [1.54, 1.807) is 12.1 Å². The van der Waals surface area contributed by atoms with Crippen molar-refractivity contribution in [2.24, 2.45) is 0 Å². The molecular weight excluding hydrogens is 366 g/mol. The lowest BCUT2D eigenvalue weighted by atomic mass is 10.4. The molecule has 15 heavy (non-hydrogen) atoms. The second-order valence-electron chi connectivity index (χ2n) is 2.50. The first-order chi connectivity index (χ1) is 6.81. The fourth-order valence-corrected chi connectivity index (χ4v) is 3.73. The van der Waals surface area contributed by atoms with Gasteiger partial charge in [-0.1, -0.05) is 39.1 Å². The molecule has 0 aliphatic carbocycles. The van der Waals surface area contributed by atoms with Gasteiger partial charge in [0.1, 0.15) is 0 Å². The van der Waals surface area contributed by atoms with Crippen LogP contribution in [0.1, 0.15) is 0 Å². The molecule has 0 fully saturated rings. The molecule has 0 aliphatic rings. The summed E-state index contributed by atoms with van der Waals surface area (Å²) < 4.78 is 22.3. The first-order valence-electron chi connectivity index (χ1n) is 3.49. The fourth-order valence-electron chi connectivity index (χ4n) is 0.792. The Morgan fingerprint density at radius 3 is 2.07 bits per heavy atom. The van der Waals surface area contributed by atoms with Crippen molar-refractivity contribution in [3.63, 3.8) is 0 Å². The first kappa shape index (κ1) is 13.9. The van der Waals surface area contributed by atoms with Gasteiger partial charge in [0, 0.05) is 15.4 Å². The summed E-state index contributed by atoms with van der Waals surface area (Å²) in [5.74, 6) is 0. The minimum absolute atomic E-state index is 0.0175. The molecule has 0 heterocycles. The van der Waals surface area contributed by atoms with E-state index in [1.807, 2.05) is 0 Å². The Balaban J connectivity index is 3.24. The van der Waals surface area contributed by atoms with Crippen LogP contribution in [-0.4, -0.2) is 11.4 Å². The third kappa shape index (κ3) is 2.96. The van der Waals surface area contributed by atoms with E-state index in [9.17, 15) is 8.42 Å². The lowest BCUT2D eigenvalue weighted by Crippen LogP contribution is -2.21. The molecule has 0 aromatic heterocycles. The van der Waals surface area contributed by atoms with Gasteiger partial charge in [-0.25, -0.2) is 8.42 Å². The quantitative estimate of drug-likeness (QED) is 0.748. The summed E-state index contributed by atoms with van der Waals surface area (Å²) in [6.07, 6.45) is 0. The monoisotopic (exact) mass is 368 g/mol. The normalized spacial score (nSPS) is 12.8. The van der Waals surface area contributed by atoms with Gasteiger partial charge in [-0.2, -0.15) is 0 Å². The van der Waals surface area contributed by atoms with Crippen molar-refractivity contribution in [3.05, 3.63) is 28.7 Å². The zero-order valence-corrected chi connectivity index (χ0v) is 12.4. The zero-order chi connectivity index (χ0) is 11.7. The van der Waals surface area contributed by atoms with Crippen LogP contribution in [0.15, 0.2) is 33.6 Å². The molecule has 2 nitrogen and oxygen atoms in total. The lowest BCUT2D eigenvalue weighted by Gasteiger charge is -2.15. The maximum absolute atomic E-state index is 11.8. The van der Waals surface area contributed by atoms with Crippen molar-refractivity contribution in [1.82, 2.24) is 0 Å². The second-order valence-corrected chi connectivity index (χ2v) is 9.22. The number of rotatable bonds is 3. The minimum atomic E-state index is -3.86. The molecule has 8 heteroatoms. The van der Waals surface area contributed by atoms with Gasteiger partial charge in [-0.3, -0.25) is 0 Å². The summed E-state index contributed by atoms with van der Waals surface area (Å²) in [6, 6.07) is 5.95. The Morgan fingerprint density at radius 2 is 1.67 bits per heavy atom. The van der Waals surface area contributed by atoms with E-state index in [0.29, 0.717) is 11.0 Å². The van der Waals surface area contributed by atoms with E-state index in [2.05, 4.69) is 15.9 Å². The van der Waals surface area contributed by atoms with E-state index in [0.717, 1.165) is 4.47 Å². The SMILES string of the molecule is O=S(=O)(c1ccc(Br)cc1)C(Cl)(Cl)SCl. The maximum atomic E-state index is 11.8. The predicted octanol–water partition coefficient (Wildman–Crippen LogP) is 4.20. The highest BCUT2D eigenvalue weighted by molar-refractivity contribution is 9.10. The summed E-state index contributed by atoms with van der Waals surface area (Å²) in [5.41, 5.74) is 0. The predicted molar refractivity (Wildman–Crippen MR) is 69.2 cm³/mol. The third-order valence-electron chi connectivity index (χ3n) is 1.53. The van der Waals surface area contributed by atoms with Crippen LogP contribution in [0, 0.1) is 0 Å². The van der Waals surface area contributed by atoms with E-state index < -0.39 is 12.8 Å². The Labute approximate surface area is 115 Å². The first-order valence-corrected chi connectivity index (χ1v) is 8.16. The molecule has 0 aliphatic heterocycles. The van der Waals surface area contributed by atoms with Gasteiger partial charge < -0.3 is 0 Å². The van der Waals surface area contributed by atoms with Crippen LogP contribution >= 0.6 is 60.8 Å². The van der Waals surface area contributed by atoms with Crippen molar-refractivity contribution >= 4 is 70.6 Å². The van der Waals surface area contributed by atoms with Crippen molar-refractivity contribution < 1.29 is 8.42 Å². The topological polar surface area (TPSA) is 34.1 Å². The van der Waals surface area contributed by atoms with E-state index >= 15 is 0 Å². The van der Waals surface area contributed by atoms with Gasteiger partial charge in [0.25, 0.3) is 3.00 Å². The van der Waals surface area contributed by atoms with Crippen LogP contribution in [0.4, 0.5) is 0 Å². The number of sulfone groups is 1. The van der Waals surface area contributed by atoms with Crippen molar-refractivity contribution in [3.8, 4) is 0 Å². The molecule has 0 atom stereocenters. The van der Waals surface area contributed by atoms with Crippen LogP contribution in [0.25, 0.3) is 0 Å². The molecular formula is C7H4BrCl3O2S2. The van der Waals surface area contributed by atoms with E-state index in [1.165, 1.54) is 12.1 Å². The molecule has 1 aromatic rings. The smallest absolute Gasteiger partial charge is 0.220 e. The summed E-state index contributed by atoms with van der Waals surface area (Å²) in [7, 11) is 1.80. The highest BCUT2D eigenvalue weighted by atomic mass is 79.9. The number of hydrogen-bond donors (Lipinski definition) is 0. The van der Waals surface area contributed by atoms with Crippen molar-refractivity contribution in [2.75, 3.05) is 0 Å². The fraction of sp³-hybridized carbons (Fsp3) is 0.143. The maximum Gasteiger partial charge on any atom is 0.282 e. The van der Waals surface area contributed by atoms with Gasteiger partial charge in [0.15, 0.2) is 0 Å². The molecule has 84 valence electrons.